The summed E-state index contributed by atoms with van der Waals surface area (Å²) in [7, 11) is 0. The maximum absolute atomic E-state index is 11.9. The highest BCUT2D eigenvalue weighted by Crippen LogP contribution is 2.11. The molecule has 0 aromatic carbocycles. The van der Waals surface area contributed by atoms with Gasteiger partial charge in [0.25, 0.3) is 0 Å². The Kier molecular flexibility index (Phi) is 29.5. The van der Waals surface area contributed by atoms with E-state index in [1.807, 2.05) is 0 Å². The fraction of sp³-hybridized carbons (Fsp3) is 0.500. The van der Waals surface area contributed by atoms with Gasteiger partial charge in [-0.15, -0.1) is 0 Å². The van der Waals surface area contributed by atoms with Gasteiger partial charge in [0.1, 0.15) is 6.61 Å². The summed E-state index contributed by atoms with van der Waals surface area (Å²) in [6, 6.07) is 0. The van der Waals surface area contributed by atoms with Gasteiger partial charge in [0.05, 0.1) is 6.61 Å². The summed E-state index contributed by atoms with van der Waals surface area (Å²) in [4.78, 5) is 32.8. The second-order valence-corrected chi connectivity index (χ2v) is 8.31. The van der Waals surface area contributed by atoms with Crippen molar-refractivity contribution < 1.29 is 47.5 Å². The Morgan fingerprint density at radius 1 is 0.732 bits per heavy atom. The van der Waals surface area contributed by atoms with Crippen molar-refractivity contribution in [2.24, 2.45) is 5.73 Å². The first-order chi connectivity index (χ1) is 19.9. The third-order valence-corrected chi connectivity index (χ3v) is 4.61. The minimum atomic E-state index is -0.925. The van der Waals surface area contributed by atoms with Gasteiger partial charge in [0.2, 0.25) is 5.91 Å². The number of carbonyl (C=O) groups excluding carboxylic acids is 3. The average Bonchev–Trinajstić information content (AvgIpc) is 2.94. The molecule has 7 nitrogen and oxygen atoms in total. The Morgan fingerprint density at radius 2 is 1.15 bits per heavy atom. The van der Waals surface area contributed by atoms with E-state index in [0.29, 0.717) is 0 Å². The Hall–Kier alpha value is -4.71. The lowest BCUT2D eigenvalue weighted by atomic mass is 10.1. The van der Waals surface area contributed by atoms with Gasteiger partial charge in [-0.1, -0.05) is 70.6 Å². The van der Waals surface area contributed by atoms with Crippen LogP contribution in [0, 0.1) is 82.9 Å². The van der Waals surface area contributed by atoms with E-state index in [1.54, 1.807) is 6.92 Å². The number of aliphatic hydroxyl groups excluding tert-OH is 1. The van der Waals surface area contributed by atoms with Crippen molar-refractivity contribution in [2.45, 2.75) is 97.5 Å². The number of primary amides is 1. The Labute approximate surface area is 265 Å². The van der Waals surface area contributed by atoms with E-state index in [1.165, 1.54) is 51.9 Å². The van der Waals surface area contributed by atoms with Crippen LogP contribution in [0.2, 0.25) is 0 Å². The Balaban J connectivity index is -0.0000000653. The zero-order chi connectivity index (χ0) is 30.8. The molecule has 0 radical (unpaired) electrons. The van der Waals surface area contributed by atoms with Gasteiger partial charge in [0, 0.05) is 37.8 Å². The molecule has 41 heavy (non-hydrogen) atoms. The van der Waals surface area contributed by atoms with Gasteiger partial charge in [-0.05, 0) is 84.4 Å². The van der Waals surface area contributed by atoms with Crippen molar-refractivity contribution in [1.29, 1.82) is 0 Å². The van der Waals surface area contributed by atoms with E-state index in [9.17, 15) is 19.5 Å². The maximum atomic E-state index is 11.9. The molecule has 3 N–H and O–H groups in total. The Morgan fingerprint density at radius 3 is 1.59 bits per heavy atom. The lowest BCUT2D eigenvalue weighted by Crippen LogP contribution is -2.28. The summed E-state index contributed by atoms with van der Waals surface area (Å²) in [5.41, 5.74) is 4.47. The molecule has 0 rings (SSSR count). The van der Waals surface area contributed by atoms with Crippen LogP contribution >= 0.6 is 0 Å². The first-order valence-corrected chi connectivity index (χ1v) is 13.5. The van der Waals surface area contributed by atoms with Gasteiger partial charge in [-0.2, -0.15) is 0 Å². The lowest BCUT2D eigenvalue weighted by Gasteiger charge is -2.14. The number of hydrogen-bond donors (Lipinski definition) is 2. The molecule has 242 valence electrons. The van der Waals surface area contributed by atoms with Crippen molar-refractivity contribution in [3.05, 3.63) is 0 Å². The molecule has 0 fully saturated rings. The van der Waals surface area contributed by atoms with Crippen molar-refractivity contribution in [3.8, 4) is 82.9 Å². The monoisotopic (exact) mass is 583 g/mol. The maximum Gasteiger partial charge on any atom is 0.385 e. The van der Waals surface area contributed by atoms with Crippen molar-refractivity contribution >= 4 is 17.8 Å². The van der Waals surface area contributed by atoms with E-state index in [0.717, 1.165) is 19.3 Å². The first kappa shape index (κ1) is 38.4. The molecule has 0 aliphatic heterocycles. The van der Waals surface area contributed by atoms with Crippen LogP contribution in [0.5, 0.6) is 0 Å². The average molecular weight is 584 g/mol. The van der Waals surface area contributed by atoms with Crippen LogP contribution in [0.3, 0.4) is 0 Å². The standard InChI is InChI=1S/C32H34O5.C2H5NO.13H2/c1-3-5-7-9-11-13-15-16-17-19-20-22-24-26-31(34)36-29-30(28-33)37-32(35)27-25-23-21-18-14-12-10-8-6-4-2;1-2(3)4;;;;;;;;;;;;;/h30,33H,4,6,8,10,12,14,18,21,23,25,27-29H2,1-2H3;1H3,(H2,3,4);13*1H/t30-;;;;;;;;;;;;;;/m0............../s1. The van der Waals surface area contributed by atoms with Crippen molar-refractivity contribution in [3.63, 3.8) is 0 Å². The second-order valence-electron chi connectivity index (χ2n) is 8.31. The number of unbranched alkanes of at least 4 members (excludes halogenated alkanes) is 9. The zero-order valence-corrected chi connectivity index (χ0v) is 24.3. The normalized spacial score (nSPS) is 8.68. The van der Waals surface area contributed by atoms with Crippen LogP contribution in [0.25, 0.3) is 0 Å². The molecule has 0 heterocycles. The Bertz CT molecular complexity index is 1270. The number of esters is 2. The number of ether oxygens (including phenoxy) is 2. The third kappa shape index (κ3) is 35.3. The van der Waals surface area contributed by atoms with Crippen LogP contribution in [-0.4, -0.2) is 42.3 Å². The van der Waals surface area contributed by atoms with E-state index < -0.39 is 24.6 Å². The highest BCUT2D eigenvalue weighted by Gasteiger charge is 2.15. The molecule has 0 aliphatic carbocycles. The number of carbonyl (C=O) groups is 3. The van der Waals surface area contributed by atoms with E-state index >= 15 is 0 Å². The number of rotatable bonds is 15. The second kappa shape index (κ2) is 31.5. The van der Waals surface area contributed by atoms with Crippen LogP contribution in [0.15, 0.2) is 0 Å². The molecule has 0 aliphatic rings. The van der Waals surface area contributed by atoms with Crippen molar-refractivity contribution in [2.75, 3.05) is 13.2 Å². The molecule has 0 saturated carbocycles. The fourth-order valence-corrected chi connectivity index (χ4v) is 2.79. The molecular formula is C34H65NO6. The van der Waals surface area contributed by atoms with Crippen LogP contribution in [0.4, 0.5) is 0 Å². The molecule has 1 atom stereocenters. The van der Waals surface area contributed by atoms with Crippen LogP contribution in [-0.2, 0) is 23.9 Å². The molecule has 0 unspecified atom stereocenters. The summed E-state index contributed by atoms with van der Waals surface area (Å²) in [5, 5.41) is 9.36. The van der Waals surface area contributed by atoms with Crippen LogP contribution < -0.4 is 5.73 Å². The summed E-state index contributed by atoms with van der Waals surface area (Å²) >= 11 is 0. The SMILES string of the molecule is CC#CC#CC#CC#CC#CC#CC#CC(=O)OC[C@H](CO)OC(=O)CCCCCCCCCCCC.CC(N)=O.[HH].[HH].[HH].[HH].[HH].[HH].[HH].[HH].[HH].[HH].[HH].[HH].[HH]. The van der Waals surface area contributed by atoms with Gasteiger partial charge < -0.3 is 20.3 Å². The summed E-state index contributed by atoms with van der Waals surface area (Å²) in [5.74, 6) is 32.6. The largest absolute Gasteiger partial charge is 0.456 e. The third-order valence-electron chi connectivity index (χ3n) is 4.61. The van der Waals surface area contributed by atoms with Crippen LogP contribution in [0.1, 0.15) is 110 Å². The predicted molar refractivity (Wildman–Crippen MR) is 187 cm³/mol. The van der Waals surface area contributed by atoms with Gasteiger partial charge in [-0.25, -0.2) is 4.79 Å². The molecule has 0 spiro atoms. The molecule has 0 aromatic rings. The molecule has 0 aromatic heterocycles. The predicted octanol–water partition coefficient (Wildman–Crippen LogP) is 6.48. The molecule has 1 amide bonds. The summed E-state index contributed by atoms with van der Waals surface area (Å²) in [6.45, 7) is 4.46. The quantitative estimate of drug-likeness (QED) is 0.0987. The molecule has 0 bridgehead atoms. The number of nitrogens with two attached hydrogens (primary N) is 1. The van der Waals surface area contributed by atoms with E-state index in [-0.39, 0.29) is 37.5 Å². The van der Waals surface area contributed by atoms with Crippen molar-refractivity contribution in [1.82, 2.24) is 0 Å². The smallest absolute Gasteiger partial charge is 0.385 e. The highest BCUT2D eigenvalue weighted by atomic mass is 16.6. The summed E-state index contributed by atoms with van der Waals surface area (Å²) < 4.78 is 10.1. The topological polar surface area (TPSA) is 116 Å². The highest BCUT2D eigenvalue weighted by molar-refractivity contribution is 5.89. The zero-order valence-electron chi connectivity index (χ0n) is 24.3. The first-order valence-electron chi connectivity index (χ1n) is 13.5. The van der Waals surface area contributed by atoms with Gasteiger partial charge >= 0.3 is 11.9 Å². The van der Waals surface area contributed by atoms with Gasteiger partial charge in [-0.3, -0.25) is 9.59 Å². The molecule has 7 heteroatoms. The lowest BCUT2D eigenvalue weighted by molar-refractivity contribution is -0.159. The number of amides is 1. The number of aliphatic hydroxyl groups is 1. The minimum Gasteiger partial charge on any atom is -0.456 e. The molecular weight excluding hydrogens is 518 g/mol. The number of hydrogen-bond acceptors (Lipinski definition) is 6. The molecule has 0 saturated heterocycles. The fourth-order valence-electron chi connectivity index (χ4n) is 2.79. The van der Waals surface area contributed by atoms with Gasteiger partial charge in [0.15, 0.2) is 6.10 Å². The van der Waals surface area contributed by atoms with E-state index in [4.69, 9.17) is 9.47 Å². The summed E-state index contributed by atoms with van der Waals surface area (Å²) in [6.07, 6.45) is 11.1. The van der Waals surface area contributed by atoms with E-state index in [2.05, 4.69) is 95.5 Å². The minimum absolute atomic E-state index is 0.